The van der Waals surface area contributed by atoms with Crippen molar-refractivity contribution in [2.75, 3.05) is 33.4 Å². The Balaban J connectivity index is 1.58. The average Bonchev–Trinajstić information content (AvgIpc) is 3.27. The maximum absolute atomic E-state index is 12.7. The lowest BCUT2D eigenvalue weighted by Crippen LogP contribution is -2.53. The van der Waals surface area contributed by atoms with Crippen molar-refractivity contribution in [2.24, 2.45) is 5.92 Å². The van der Waals surface area contributed by atoms with Crippen molar-refractivity contribution in [1.29, 1.82) is 0 Å². The number of hydrogen-bond donors (Lipinski definition) is 2. The van der Waals surface area contributed by atoms with Crippen molar-refractivity contribution in [3.05, 3.63) is 58.3 Å². The van der Waals surface area contributed by atoms with Gasteiger partial charge < -0.3 is 24.5 Å². The van der Waals surface area contributed by atoms with E-state index in [0.29, 0.717) is 38.4 Å². The summed E-state index contributed by atoms with van der Waals surface area (Å²) < 4.78 is 6.87. The summed E-state index contributed by atoms with van der Waals surface area (Å²) in [4.78, 5) is 42.5. The molecule has 154 valence electrons. The third kappa shape index (κ3) is 3.85. The molecule has 0 aliphatic carbocycles. The average molecular weight is 398 g/mol. The van der Waals surface area contributed by atoms with Gasteiger partial charge in [0.05, 0.1) is 19.1 Å². The first-order chi connectivity index (χ1) is 14.1. The maximum atomic E-state index is 12.7. The number of aromatic amines is 1. The van der Waals surface area contributed by atoms with E-state index in [-0.39, 0.29) is 35.3 Å². The van der Waals surface area contributed by atoms with Crippen molar-refractivity contribution >= 4 is 11.8 Å². The van der Waals surface area contributed by atoms with Crippen LogP contribution in [0.15, 0.2) is 41.3 Å². The summed E-state index contributed by atoms with van der Waals surface area (Å²) in [6.07, 6.45) is 2.96. The molecule has 8 heteroatoms. The molecule has 1 fully saturated rings. The Kier molecular flexibility index (Phi) is 5.53. The highest BCUT2D eigenvalue weighted by molar-refractivity contribution is 5.92. The van der Waals surface area contributed by atoms with Gasteiger partial charge in [-0.2, -0.15) is 0 Å². The number of nitrogens with zero attached hydrogens (tertiary/aromatic N) is 2. The largest absolute Gasteiger partial charge is 0.384 e. The minimum Gasteiger partial charge on any atom is -0.384 e. The number of piperidine rings is 1. The van der Waals surface area contributed by atoms with Crippen LogP contribution in [0, 0.1) is 5.92 Å². The van der Waals surface area contributed by atoms with Crippen LogP contribution in [-0.2, 0) is 9.53 Å². The second kappa shape index (κ2) is 8.24. The molecule has 4 rings (SSSR count). The van der Waals surface area contributed by atoms with Crippen molar-refractivity contribution < 1.29 is 14.3 Å². The van der Waals surface area contributed by atoms with Crippen LogP contribution in [0.5, 0.6) is 0 Å². The lowest BCUT2D eigenvalue weighted by Gasteiger charge is -2.47. The molecule has 1 saturated heterocycles. The van der Waals surface area contributed by atoms with Gasteiger partial charge in [0.1, 0.15) is 5.69 Å². The summed E-state index contributed by atoms with van der Waals surface area (Å²) in [5.41, 5.74) is 1.37. The molecule has 3 atom stereocenters. The van der Waals surface area contributed by atoms with Crippen LogP contribution in [0.4, 0.5) is 0 Å². The molecular formula is C21H26N4O4. The van der Waals surface area contributed by atoms with Crippen LogP contribution in [0.2, 0.25) is 0 Å². The molecule has 8 nitrogen and oxygen atoms in total. The number of ether oxygens (including phenoxy) is 1. The van der Waals surface area contributed by atoms with Gasteiger partial charge in [0, 0.05) is 50.6 Å². The van der Waals surface area contributed by atoms with E-state index in [1.165, 1.54) is 0 Å². The molecule has 2 aromatic heterocycles. The fraction of sp³-hybridized carbons (Fsp3) is 0.476. The Labute approximate surface area is 168 Å². The number of likely N-dealkylation sites (tertiary alicyclic amines) is 1. The van der Waals surface area contributed by atoms with Crippen molar-refractivity contribution in [3.8, 4) is 0 Å². The van der Waals surface area contributed by atoms with E-state index in [1.54, 1.807) is 37.6 Å². The standard InChI is InChI=1S/C21H26N4O4/c1-29-9-7-19(26)24-12-14-10-15(13-24)18(25-17(14)5-2-6-20(25)27)11-23-21(28)16-4-3-8-22-16/h2-6,8,14-15,18,22H,7,9-13H2,1H3,(H,23,28)/t14-,15+,18+/m1/s1. The maximum Gasteiger partial charge on any atom is 0.267 e. The van der Waals surface area contributed by atoms with Gasteiger partial charge in [-0.15, -0.1) is 0 Å². The molecule has 0 unspecified atom stereocenters. The van der Waals surface area contributed by atoms with E-state index in [1.807, 2.05) is 15.5 Å². The molecule has 0 aromatic carbocycles. The van der Waals surface area contributed by atoms with Crippen LogP contribution in [0.3, 0.4) is 0 Å². The first-order valence-electron chi connectivity index (χ1n) is 9.98. The second-order valence-electron chi connectivity index (χ2n) is 7.75. The Morgan fingerprint density at radius 1 is 1.24 bits per heavy atom. The third-order valence-corrected chi connectivity index (χ3v) is 5.99. The number of nitrogens with one attached hydrogen (secondary N) is 2. The number of rotatable bonds is 6. The third-order valence-electron chi connectivity index (χ3n) is 5.99. The minimum atomic E-state index is -0.202. The van der Waals surface area contributed by atoms with Crippen molar-refractivity contribution in [1.82, 2.24) is 19.8 Å². The summed E-state index contributed by atoms with van der Waals surface area (Å²) >= 11 is 0. The Morgan fingerprint density at radius 3 is 2.86 bits per heavy atom. The highest BCUT2D eigenvalue weighted by atomic mass is 16.5. The predicted molar refractivity (Wildman–Crippen MR) is 107 cm³/mol. The van der Waals surface area contributed by atoms with Crippen molar-refractivity contribution in [3.63, 3.8) is 0 Å². The number of fused-ring (bicyclic) bond motifs is 4. The second-order valence-corrected chi connectivity index (χ2v) is 7.75. The highest BCUT2D eigenvalue weighted by Crippen LogP contribution is 2.40. The van der Waals surface area contributed by atoms with E-state index >= 15 is 0 Å². The van der Waals surface area contributed by atoms with E-state index in [0.717, 1.165) is 12.1 Å². The summed E-state index contributed by atoms with van der Waals surface area (Å²) in [5, 5.41) is 2.95. The zero-order chi connectivity index (χ0) is 20.4. The number of hydrogen-bond acceptors (Lipinski definition) is 4. The highest BCUT2D eigenvalue weighted by Gasteiger charge is 2.41. The molecule has 2 amide bonds. The van der Waals surface area contributed by atoms with Crippen LogP contribution >= 0.6 is 0 Å². The van der Waals surface area contributed by atoms with E-state index in [2.05, 4.69) is 10.3 Å². The molecular weight excluding hydrogens is 372 g/mol. The van der Waals surface area contributed by atoms with E-state index < -0.39 is 0 Å². The Bertz CT molecular complexity index is 936. The van der Waals surface area contributed by atoms with Gasteiger partial charge in [0.2, 0.25) is 5.91 Å². The molecule has 0 radical (unpaired) electrons. The molecule has 29 heavy (non-hydrogen) atoms. The van der Waals surface area contributed by atoms with Gasteiger partial charge in [-0.25, -0.2) is 0 Å². The predicted octanol–water partition coefficient (Wildman–Crippen LogP) is 1.13. The first-order valence-corrected chi connectivity index (χ1v) is 9.98. The van der Waals surface area contributed by atoms with Gasteiger partial charge >= 0.3 is 0 Å². The smallest absolute Gasteiger partial charge is 0.267 e. The van der Waals surface area contributed by atoms with E-state index in [4.69, 9.17) is 4.74 Å². The van der Waals surface area contributed by atoms with Gasteiger partial charge in [-0.1, -0.05) is 6.07 Å². The number of carbonyl (C=O) groups is 2. The SMILES string of the molecule is COCCC(=O)N1C[C@H]2C[C@@H](C1)[C@H](CNC(=O)c1ccc[nH]1)n1c2cccc1=O. The fourth-order valence-corrected chi connectivity index (χ4v) is 4.62. The number of amides is 2. The minimum absolute atomic E-state index is 0.0597. The van der Waals surface area contributed by atoms with Crippen LogP contribution in [0.25, 0.3) is 0 Å². The normalized spacial score (nSPS) is 22.8. The summed E-state index contributed by atoms with van der Waals surface area (Å²) in [6.45, 7) is 1.94. The molecule has 0 spiro atoms. The van der Waals surface area contributed by atoms with E-state index in [9.17, 15) is 14.4 Å². The van der Waals surface area contributed by atoms with Gasteiger partial charge in [0.25, 0.3) is 11.5 Å². The van der Waals surface area contributed by atoms with Gasteiger partial charge in [-0.05, 0) is 30.5 Å². The summed E-state index contributed by atoms with van der Waals surface area (Å²) in [6, 6.07) is 8.59. The summed E-state index contributed by atoms with van der Waals surface area (Å²) in [5.74, 6) is 0.107. The first kappa shape index (κ1) is 19.4. The molecule has 4 heterocycles. The molecule has 2 N–H and O–H groups in total. The number of methoxy groups -OCH3 is 1. The Hall–Kier alpha value is -2.87. The lowest BCUT2D eigenvalue weighted by molar-refractivity contribution is -0.135. The monoisotopic (exact) mass is 398 g/mol. The molecule has 2 aliphatic rings. The van der Waals surface area contributed by atoms with Crippen LogP contribution in [0.1, 0.15) is 41.0 Å². The number of aromatic nitrogens is 2. The number of carbonyl (C=O) groups excluding carboxylic acids is 2. The zero-order valence-corrected chi connectivity index (χ0v) is 16.5. The molecule has 2 bridgehead atoms. The fourth-order valence-electron chi connectivity index (χ4n) is 4.62. The number of pyridine rings is 1. The number of H-pyrrole nitrogens is 1. The zero-order valence-electron chi connectivity index (χ0n) is 16.5. The van der Waals surface area contributed by atoms with Crippen LogP contribution in [-0.4, -0.2) is 59.6 Å². The molecule has 0 saturated carbocycles. The molecule has 2 aromatic rings. The summed E-state index contributed by atoms with van der Waals surface area (Å²) in [7, 11) is 1.59. The van der Waals surface area contributed by atoms with Crippen molar-refractivity contribution in [2.45, 2.75) is 24.8 Å². The topological polar surface area (TPSA) is 96.4 Å². The van der Waals surface area contributed by atoms with Crippen LogP contribution < -0.4 is 10.9 Å². The lowest BCUT2D eigenvalue weighted by atomic mass is 9.78. The quantitative estimate of drug-likeness (QED) is 0.762. The Morgan fingerprint density at radius 2 is 2.10 bits per heavy atom. The van der Waals surface area contributed by atoms with Gasteiger partial charge in [-0.3, -0.25) is 14.4 Å². The molecule has 2 aliphatic heterocycles. The van der Waals surface area contributed by atoms with Gasteiger partial charge in [0.15, 0.2) is 0 Å².